The zero-order valence-electron chi connectivity index (χ0n) is 6.65. The summed E-state index contributed by atoms with van der Waals surface area (Å²) in [6, 6.07) is 0. The van der Waals surface area contributed by atoms with Gasteiger partial charge < -0.3 is 4.90 Å². The Morgan fingerprint density at radius 2 is 2.00 bits per heavy atom. The van der Waals surface area contributed by atoms with Crippen LogP contribution in [0.2, 0.25) is 0 Å². The summed E-state index contributed by atoms with van der Waals surface area (Å²) in [6.07, 6.45) is 2.58. The topological polar surface area (TPSA) is 3.24 Å². The molecule has 0 N–H and O–H groups in total. The zero-order chi connectivity index (χ0) is 7.40. The van der Waals surface area contributed by atoms with Gasteiger partial charge in [-0.1, -0.05) is 6.92 Å². The first-order chi connectivity index (χ1) is 4.83. The highest BCUT2D eigenvalue weighted by Gasteiger charge is 2.14. The molecule has 1 saturated heterocycles. The minimum atomic E-state index is -0.599. The number of alkyl halides is 1. The van der Waals surface area contributed by atoms with Gasteiger partial charge in [-0.15, -0.1) is 0 Å². The smallest absolute Gasteiger partial charge is 0.112 e. The van der Waals surface area contributed by atoms with Crippen molar-refractivity contribution >= 4 is 0 Å². The predicted octanol–water partition coefficient (Wildman–Crippen LogP) is 1.83. The number of nitrogens with zero attached hydrogens (tertiary/aromatic N) is 1. The molecule has 1 rings (SSSR count). The van der Waals surface area contributed by atoms with Crippen molar-refractivity contribution < 1.29 is 4.39 Å². The minimum Gasteiger partial charge on any atom is -0.300 e. The molecule has 60 valence electrons. The van der Waals surface area contributed by atoms with E-state index < -0.39 is 6.17 Å². The molecule has 1 nitrogen and oxygen atoms in total. The van der Waals surface area contributed by atoms with Gasteiger partial charge in [-0.05, 0) is 32.4 Å². The second-order valence-electron chi connectivity index (χ2n) is 3.01. The van der Waals surface area contributed by atoms with Crippen molar-refractivity contribution in [1.29, 1.82) is 0 Å². The van der Waals surface area contributed by atoms with Crippen LogP contribution in [0.3, 0.4) is 0 Å². The quantitative estimate of drug-likeness (QED) is 0.585. The fourth-order valence-electron chi connectivity index (χ4n) is 1.37. The Kier molecular flexibility index (Phi) is 3.13. The lowest BCUT2D eigenvalue weighted by Gasteiger charge is -2.15. The van der Waals surface area contributed by atoms with Gasteiger partial charge in [-0.2, -0.15) is 0 Å². The van der Waals surface area contributed by atoms with Crippen LogP contribution in [0.15, 0.2) is 0 Å². The van der Waals surface area contributed by atoms with E-state index in [0.717, 1.165) is 13.1 Å². The van der Waals surface area contributed by atoms with E-state index in [2.05, 4.69) is 4.90 Å². The van der Waals surface area contributed by atoms with Crippen LogP contribution in [-0.2, 0) is 0 Å². The highest BCUT2D eigenvalue weighted by molar-refractivity contribution is 4.69. The molecular formula is C8H16FN. The monoisotopic (exact) mass is 145 g/mol. The molecule has 0 aliphatic carbocycles. The molecule has 1 heterocycles. The van der Waals surface area contributed by atoms with Gasteiger partial charge in [0.2, 0.25) is 0 Å². The Morgan fingerprint density at radius 3 is 2.50 bits per heavy atom. The molecule has 0 bridgehead atoms. The molecule has 0 spiro atoms. The molecule has 0 saturated carbocycles. The predicted molar refractivity (Wildman–Crippen MR) is 40.9 cm³/mol. The highest BCUT2D eigenvalue weighted by Crippen LogP contribution is 2.09. The second kappa shape index (κ2) is 3.91. The van der Waals surface area contributed by atoms with Crippen LogP contribution in [0.4, 0.5) is 4.39 Å². The van der Waals surface area contributed by atoms with Gasteiger partial charge in [0.1, 0.15) is 6.17 Å². The molecule has 0 amide bonds. The molecule has 1 atom stereocenters. The first-order valence-electron chi connectivity index (χ1n) is 4.19. The fourth-order valence-corrected chi connectivity index (χ4v) is 1.37. The summed E-state index contributed by atoms with van der Waals surface area (Å²) in [5.41, 5.74) is 0. The molecule has 0 aromatic carbocycles. The third-order valence-corrected chi connectivity index (χ3v) is 2.10. The molecular weight excluding hydrogens is 129 g/mol. The molecule has 0 radical (unpaired) electrons. The van der Waals surface area contributed by atoms with E-state index in [1.165, 1.54) is 12.8 Å². The summed E-state index contributed by atoms with van der Waals surface area (Å²) in [4.78, 5) is 2.22. The normalized spacial score (nSPS) is 23.4. The lowest BCUT2D eigenvalue weighted by molar-refractivity contribution is 0.216. The average molecular weight is 145 g/mol. The van der Waals surface area contributed by atoms with Gasteiger partial charge in [0.25, 0.3) is 0 Å². The van der Waals surface area contributed by atoms with E-state index in [4.69, 9.17) is 0 Å². The molecule has 10 heavy (non-hydrogen) atoms. The summed E-state index contributed by atoms with van der Waals surface area (Å²) >= 11 is 0. The number of hydrogen-bond donors (Lipinski definition) is 0. The largest absolute Gasteiger partial charge is 0.300 e. The molecule has 1 fully saturated rings. The van der Waals surface area contributed by atoms with Crippen LogP contribution in [0, 0.1) is 0 Å². The third kappa shape index (κ3) is 2.25. The van der Waals surface area contributed by atoms with Crippen LogP contribution in [0.5, 0.6) is 0 Å². The zero-order valence-corrected chi connectivity index (χ0v) is 6.65. The minimum absolute atomic E-state index is 0.599. The van der Waals surface area contributed by atoms with Gasteiger partial charge in [-0.3, -0.25) is 0 Å². The third-order valence-electron chi connectivity index (χ3n) is 2.10. The molecule has 0 aromatic heterocycles. The Morgan fingerprint density at radius 1 is 1.40 bits per heavy atom. The number of likely N-dealkylation sites (tertiary alicyclic amines) is 1. The molecule has 2 heteroatoms. The summed E-state index contributed by atoms with van der Waals surface area (Å²) < 4.78 is 12.7. The van der Waals surface area contributed by atoms with Gasteiger partial charge in [0.15, 0.2) is 0 Å². The standard InChI is InChI=1S/C8H16FN/c1-2-8(9)7-10-5-3-4-6-10/h8H,2-7H2,1H3. The van der Waals surface area contributed by atoms with Crippen molar-refractivity contribution in [2.45, 2.75) is 32.4 Å². The summed E-state index contributed by atoms with van der Waals surface area (Å²) in [7, 11) is 0. The van der Waals surface area contributed by atoms with E-state index in [0.29, 0.717) is 13.0 Å². The lowest BCUT2D eigenvalue weighted by Crippen LogP contribution is -2.27. The molecule has 1 aliphatic rings. The Balaban J connectivity index is 2.11. The Hall–Kier alpha value is -0.110. The van der Waals surface area contributed by atoms with Crippen molar-refractivity contribution in [2.24, 2.45) is 0 Å². The molecule has 0 aromatic rings. The number of hydrogen-bond acceptors (Lipinski definition) is 1. The van der Waals surface area contributed by atoms with Gasteiger partial charge >= 0.3 is 0 Å². The summed E-state index contributed by atoms with van der Waals surface area (Å²) in [5.74, 6) is 0. The van der Waals surface area contributed by atoms with Crippen LogP contribution in [-0.4, -0.2) is 30.7 Å². The Labute approximate surface area is 62.2 Å². The van der Waals surface area contributed by atoms with Crippen molar-refractivity contribution in [3.8, 4) is 0 Å². The van der Waals surface area contributed by atoms with Crippen molar-refractivity contribution in [3.63, 3.8) is 0 Å². The van der Waals surface area contributed by atoms with Gasteiger partial charge in [0, 0.05) is 6.54 Å². The maximum Gasteiger partial charge on any atom is 0.112 e. The first-order valence-corrected chi connectivity index (χ1v) is 4.19. The lowest BCUT2D eigenvalue weighted by atomic mass is 10.3. The number of halogens is 1. The highest BCUT2D eigenvalue weighted by atomic mass is 19.1. The van der Waals surface area contributed by atoms with Crippen LogP contribution >= 0.6 is 0 Å². The van der Waals surface area contributed by atoms with E-state index in [-0.39, 0.29) is 0 Å². The van der Waals surface area contributed by atoms with Crippen LogP contribution in [0.25, 0.3) is 0 Å². The van der Waals surface area contributed by atoms with E-state index in [9.17, 15) is 4.39 Å². The van der Waals surface area contributed by atoms with E-state index >= 15 is 0 Å². The average Bonchev–Trinajstić information content (AvgIpc) is 2.40. The molecule has 1 aliphatic heterocycles. The van der Waals surface area contributed by atoms with Crippen LogP contribution in [0.1, 0.15) is 26.2 Å². The van der Waals surface area contributed by atoms with Gasteiger partial charge in [0.05, 0.1) is 0 Å². The second-order valence-corrected chi connectivity index (χ2v) is 3.01. The van der Waals surface area contributed by atoms with Crippen molar-refractivity contribution in [3.05, 3.63) is 0 Å². The van der Waals surface area contributed by atoms with Crippen LogP contribution < -0.4 is 0 Å². The summed E-state index contributed by atoms with van der Waals surface area (Å²) in [5, 5.41) is 0. The fraction of sp³-hybridized carbons (Fsp3) is 1.00. The summed E-state index contributed by atoms with van der Waals surface area (Å²) in [6.45, 7) is 4.79. The maximum atomic E-state index is 12.7. The number of rotatable bonds is 3. The molecule has 1 unspecified atom stereocenters. The van der Waals surface area contributed by atoms with Gasteiger partial charge in [-0.25, -0.2) is 4.39 Å². The van der Waals surface area contributed by atoms with Crippen molar-refractivity contribution in [2.75, 3.05) is 19.6 Å². The van der Waals surface area contributed by atoms with Crippen molar-refractivity contribution in [1.82, 2.24) is 4.90 Å². The maximum absolute atomic E-state index is 12.7. The van der Waals surface area contributed by atoms with E-state index in [1.54, 1.807) is 0 Å². The SMILES string of the molecule is CCC(F)CN1CCCC1. The first kappa shape index (κ1) is 7.99. The van der Waals surface area contributed by atoms with E-state index in [1.807, 2.05) is 6.92 Å². The Bertz CT molecular complexity index is 89.3.